The molecule has 0 fully saturated rings. The third-order valence-corrected chi connectivity index (χ3v) is 1.36. The van der Waals surface area contributed by atoms with Gasteiger partial charge in [-0.15, -0.1) is 0 Å². The molecule has 0 aromatic carbocycles. The molecule has 0 aromatic rings. The quantitative estimate of drug-likeness (QED) is 0.571. The van der Waals surface area contributed by atoms with Crippen molar-refractivity contribution in [3.05, 3.63) is 0 Å². The van der Waals surface area contributed by atoms with Crippen LogP contribution in [0.2, 0.25) is 0 Å². The first kappa shape index (κ1) is 6.96. The number of hydrogen-bond acceptors (Lipinski definition) is 1. The maximum Gasteiger partial charge on any atom is -0.00747 e. The first-order valence-corrected chi connectivity index (χ1v) is 3.01. The van der Waals surface area contributed by atoms with E-state index in [4.69, 9.17) is 5.73 Å². The molecule has 0 saturated carbocycles. The fourth-order valence-corrected chi connectivity index (χ4v) is 0.489. The summed E-state index contributed by atoms with van der Waals surface area (Å²) < 4.78 is 0. The van der Waals surface area contributed by atoms with E-state index in [1.54, 1.807) is 0 Å². The summed E-state index contributed by atoms with van der Waals surface area (Å²) in [5, 5.41) is 0. The molecule has 1 atom stereocenters. The van der Waals surface area contributed by atoms with E-state index in [9.17, 15) is 0 Å². The molecule has 2 N–H and O–H groups in total. The predicted molar refractivity (Wildman–Crippen MR) is 33.1 cm³/mol. The van der Waals surface area contributed by atoms with Gasteiger partial charge in [-0.1, -0.05) is 20.3 Å². The van der Waals surface area contributed by atoms with Crippen LogP contribution in [0.25, 0.3) is 0 Å². The van der Waals surface area contributed by atoms with Crippen molar-refractivity contribution in [2.75, 3.05) is 6.54 Å². The van der Waals surface area contributed by atoms with Crippen LogP contribution in [0.1, 0.15) is 26.7 Å². The second-order valence-electron chi connectivity index (χ2n) is 2.09. The van der Waals surface area contributed by atoms with Crippen molar-refractivity contribution in [3.8, 4) is 0 Å². The number of nitrogens with two attached hydrogens (primary N) is 1. The topological polar surface area (TPSA) is 26.0 Å². The second-order valence-corrected chi connectivity index (χ2v) is 2.09. The summed E-state index contributed by atoms with van der Waals surface area (Å²) in [6.45, 7) is 5.27. The first-order chi connectivity index (χ1) is 3.31. The summed E-state index contributed by atoms with van der Waals surface area (Å²) in [6, 6.07) is 0. The maximum atomic E-state index is 5.30. The van der Waals surface area contributed by atoms with Crippen molar-refractivity contribution >= 4 is 0 Å². The summed E-state index contributed by atoms with van der Waals surface area (Å²) in [5.41, 5.74) is 5.30. The van der Waals surface area contributed by atoms with E-state index in [2.05, 4.69) is 13.8 Å². The molecular formula is C6H15N. The molecule has 0 amide bonds. The molecule has 7 heavy (non-hydrogen) atoms. The molecule has 0 saturated heterocycles. The van der Waals surface area contributed by atoms with Crippen molar-refractivity contribution in [3.63, 3.8) is 0 Å². The Morgan fingerprint density at radius 3 is 2.29 bits per heavy atom. The van der Waals surface area contributed by atoms with Crippen molar-refractivity contribution in [1.29, 1.82) is 0 Å². The van der Waals surface area contributed by atoms with Crippen LogP contribution in [-0.4, -0.2) is 6.54 Å². The molecule has 0 aliphatic rings. The summed E-state index contributed by atoms with van der Waals surface area (Å²) in [6.07, 6.45) is 2.44. The molecule has 0 radical (unpaired) electrons. The van der Waals surface area contributed by atoms with E-state index in [-0.39, 0.29) is 0 Å². The van der Waals surface area contributed by atoms with Crippen molar-refractivity contribution < 1.29 is 0 Å². The van der Waals surface area contributed by atoms with Gasteiger partial charge in [-0.3, -0.25) is 0 Å². The molecule has 1 heteroatoms. The Kier molecular flexibility index (Phi) is 4.10. The minimum absolute atomic E-state index is 0.824. The summed E-state index contributed by atoms with van der Waals surface area (Å²) in [4.78, 5) is 0. The molecule has 0 aromatic heterocycles. The Balaban J connectivity index is 2.83. The standard InChI is InChI=1S/C6H15N/c1-3-6(2)4-5-7/h6H,3-5,7H2,1-2H3/t6-/m1/s1. The molecule has 44 valence electrons. The second kappa shape index (κ2) is 4.13. The summed E-state index contributed by atoms with van der Waals surface area (Å²) >= 11 is 0. The van der Waals surface area contributed by atoms with Gasteiger partial charge in [0.05, 0.1) is 0 Å². The van der Waals surface area contributed by atoms with Gasteiger partial charge in [0.2, 0.25) is 0 Å². The van der Waals surface area contributed by atoms with Gasteiger partial charge in [-0.2, -0.15) is 0 Å². The zero-order chi connectivity index (χ0) is 5.70. The smallest absolute Gasteiger partial charge is 0.00747 e. The third kappa shape index (κ3) is 3.80. The molecule has 0 bridgehead atoms. The average Bonchev–Trinajstić information content (AvgIpc) is 1.68. The van der Waals surface area contributed by atoms with E-state index in [1.807, 2.05) is 0 Å². The minimum Gasteiger partial charge on any atom is -0.330 e. The van der Waals surface area contributed by atoms with E-state index in [1.165, 1.54) is 12.8 Å². The van der Waals surface area contributed by atoms with E-state index in [0.717, 1.165) is 12.5 Å². The van der Waals surface area contributed by atoms with Gasteiger partial charge in [0.1, 0.15) is 0 Å². The van der Waals surface area contributed by atoms with Crippen LogP contribution in [0.5, 0.6) is 0 Å². The molecule has 1 nitrogen and oxygen atoms in total. The lowest BCUT2D eigenvalue weighted by molar-refractivity contribution is 0.524. The maximum absolute atomic E-state index is 5.30. The van der Waals surface area contributed by atoms with Crippen LogP contribution in [0.3, 0.4) is 0 Å². The third-order valence-electron chi connectivity index (χ3n) is 1.36. The Labute approximate surface area is 45.9 Å². The monoisotopic (exact) mass is 101 g/mol. The van der Waals surface area contributed by atoms with E-state index in [0.29, 0.717) is 0 Å². The van der Waals surface area contributed by atoms with Gasteiger partial charge in [0.25, 0.3) is 0 Å². The fraction of sp³-hybridized carbons (Fsp3) is 1.00. The highest BCUT2D eigenvalue weighted by Gasteiger charge is 1.92. The molecule has 0 spiro atoms. The highest BCUT2D eigenvalue weighted by molar-refractivity contribution is 4.48. The predicted octanol–water partition coefficient (Wildman–Crippen LogP) is 1.38. The lowest BCUT2D eigenvalue weighted by atomic mass is 10.1. The summed E-state index contributed by atoms with van der Waals surface area (Å²) in [7, 11) is 0. The van der Waals surface area contributed by atoms with Gasteiger partial charge < -0.3 is 5.73 Å². The first-order valence-electron chi connectivity index (χ1n) is 3.01. The Morgan fingerprint density at radius 1 is 1.57 bits per heavy atom. The average molecular weight is 101 g/mol. The molecule has 0 aliphatic carbocycles. The van der Waals surface area contributed by atoms with Gasteiger partial charge in [0, 0.05) is 0 Å². The van der Waals surface area contributed by atoms with Crippen molar-refractivity contribution in [2.45, 2.75) is 26.7 Å². The van der Waals surface area contributed by atoms with Crippen LogP contribution in [0.15, 0.2) is 0 Å². The van der Waals surface area contributed by atoms with Crippen LogP contribution < -0.4 is 5.73 Å². The molecule has 0 aliphatic heterocycles. The Morgan fingerprint density at radius 2 is 2.14 bits per heavy atom. The lowest BCUT2D eigenvalue weighted by Crippen LogP contribution is -2.04. The zero-order valence-electron chi connectivity index (χ0n) is 5.28. The van der Waals surface area contributed by atoms with Crippen LogP contribution in [0, 0.1) is 5.92 Å². The molecule has 0 rings (SSSR count). The van der Waals surface area contributed by atoms with Crippen LogP contribution in [-0.2, 0) is 0 Å². The molecule has 0 unspecified atom stereocenters. The van der Waals surface area contributed by atoms with Crippen molar-refractivity contribution in [2.24, 2.45) is 11.7 Å². The summed E-state index contributed by atoms with van der Waals surface area (Å²) in [5.74, 6) is 0.824. The normalized spacial score (nSPS) is 14.1. The fourth-order valence-electron chi connectivity index (χ4n) is 0.489. The van der Waals surface area contributed by atoms with E-state index >= 15 is 0 Å². The Hall–Kier alpha value is -0.0400. The SMILES string of the molecule is CC[C@@H](C)CCN. The molecular weight excluding hydrogens is 86.1 g/mol. The largest absolute Gasteiger partial charge is 0.330 e. The van der Waals surface area contributed by atoms with Gasteiger partial charge in [-0.05, 0) is 18.9 Å². The highest BCUT2D eigenvalue weighted by atomic mass is 14.5. The lowest BCUT2D eigenvalue weighted by Gasteiger charge is -2.02. The van der Waals surface area contributed by atoms with E-state index < -0.39 is 0 Å². The van der Waals surface area contributed by atoms with Gasteiger partial charge in [0.15, 0.2) is 0 Å². The highest BCUT2D eigenvalue weighted by Crippen LogP contribution is 2.02. The number of hydrogen-bond donors (Lipinski definition) is 1. The Bertz CT molecular complexity index is 35.2. The van der Waals surface area contributed by atoms with Crippen LogP contribution >= 0.6 is 0 Å². The zero-order valence-corrected chi connectivity index (χ0v) is 5.28. The van der Waals surface area contributed by atoms with Gasteiger partial charge in [-0.25, -0.2) is 0 Å². The van der Waals surface area contributed by atoms with Gasteiger partial charge >= 0.3 is 0 Å². The number of rotatable bonds is 3. The van der Waals surface area contributed by atoms with Crippen molar-refractivity contribution in [1.82, 2.24) is 0 Å². The van der Waals surface area contributed by atoms with Crippen LogP contribution in [0.4, 0.5) is 0 Å². The molecule has 0 heterocycles. The minimum atomic E-state index is 0.824.